The summed E-state index contributed by atoms with van der Waals surface area (Å²) in [5, 5.41) is 1.25. The number of benzene rings is 2. The lowest BCUT2D eigenvalue weighted by atomic mass is 10.1. The van der Waals surface area contributed by atoms with Gasteiger partial charge in [0.2, 0.25) is 0 Å². The van der Waals surface area contributed by atoms with Crippen molar-refractivity contribution >= 4 is 5.91 Å². The predicted molar refractivity (Wildman–Crippen MR) is 74.1 cm³/mol. The first-order valence-electron chi connectivity index (χ1n) is 6.55. The number of nitrogens with zero attached hydrogens (tertiary/aromatic N) is 1. The minimum atomic E-state index is -0.418. The summed E-state index contributed by atoms with van der Waals surface area (Å²) in [4.78, 5) is 17.6. The number of fused-ring (bicyclic) bond motifs is 1. The maximum absolute atomic E-state index is 13.8. The average molecular weight is 287 g/mol. The van der Waals surface area contributed by atoms with Gasteiger partial charge in [-0.3, -0.25) is 9.63 Å². The van der Waals surface area contributed by atoms with Gasteiger partial charge in [-0.1, -0.05) is 24.3 Å². The Kier molecular flexibility index (Phi) is 3.58. The summed E-state index contributed by atoms with van der Waals surface area (Å²) >= 11 is 0. The Morgan fingerprint density at radius 1 is 1.19 bits per heavy atom. The van der Waals surface area contributed by atoms with Crippen LogP contribution < -0.4 is 4.74 Å². The second kappa shape index (κ2) is 5.54. The van der Waals surface area contributed by atoms with Gasteiger partial charge in [0.05, 0.1) is 19.2 Å². The summed E-state index contributed by atoms with van der Waals surface area (Å²) in [6.45, 7) is 0.307. The lowest BCUT2D eigenvalue weighted by Gasteiger charge is -2.16. The van der Waals surface area contributed by atoms with Crippen molar-refractivity contribution in [2.24, 2.45) is 0 Å². The second-order valence-corrected chi connectivity index (χ2v) is 4.69. The molecule has 5 heteroatoms. The highest BCUT2D eigenvalue weighted by Crippen LogP contribution is 2.26. The highest BCUT2D eigenvalue weighted by Gasteiger charge is 2.28. The van der Waals surface area contributed by atoms with E-state index in [1.807, 2.05) is 12.1 Å². The van der Waals surface area contributed by atoms with Crippen molar-refractivity contribution in [2.75, 3.05) is 7.11 Å². The van der Waals surface area contributed by atoms with E-state index in [1.165, 1.54) is 18.2 Å². The van der Waals surface area contributed by atoms with Crippen LogP contribution in [0.1, 0.15) is 21.5 Å². The molecular formula is C16H14FNO3. The summed E-state index contributed by atoms with van der Waals surface area (Å²) in [5.74, 6) is -0.224. The van der Waals surface area contributed by atoms with Crippen molar-refractivity contribution in [3.63, 3.8) is 0 Å². The van der Waals surface area contributed by atoms with Crippen molar-refractivity contribution in [3.8, 4) is 5.75 Å². The number of hydroxylamine groups is 2. The normalized spacial score (nSPS) is 13.4. The molecule has 3 rings (SSSR count). The molecule has 0 spiro atoms. The molecular weight excluding hydrogens is 273 g/mol. The molecule has 1 heterocycles. The fourth-order valence-electron chi connectivity index (χ4n) is 2.34. The Balaban J connectivity index is 1.74. The molecule has 1 aliphatic rings. The Bertz CT molecular complexity index is 687. The molecule has 2 aromatic carbocycles. The van der Waals surface area contributed by atoms with Crippen LogP contribution >= 0.6 is 0 Å². The molecule has 4 nitrogen and oxygen atoms in total. The molecule has 0 aromatic heterocycles. The summed E-state index contributed by atoms with van der Waals surface area (Å²) in [5.41, 5.74) is 1.82. The third kappa shape index (κ3) is 2.48. The van der Waals surface area contributed by atoms with E-state index >= 15 is 0 Å². The third-order valence-corrected chi connectivity index (χ3v) is 3.45. The lowest BCUT2D eigenvalue weighted by molar-refractivity contribution is -0.135. The van der Waals surface area contributed by atoms with E-state index in [9.17, 15) is 9.18 Å². The zero-order chi connectivity index (χ0) is 14.8. The summed E-state index contributed by atoms with van der Waals surface area (Å²) in [6, 6.07) is 11.9. The standard InChI is InChI=1S/C16H14FNO3/c1-20-15-8-4-7-14(17)13(15)10-21-18-9-11-5-2-3-6-12(11)16(18)19/h2-8H,9-10H2,1H3. The van der Waals surface area contributed by atoms with Crippen LogP contribution in [0.2, 0.25) is 0 Å². The van der Waals surface area contributed by atoms with Crippen molar-refractivity contribution < 1.29 is 18.8 Å². The first kappa shape index (κ1) is 13.6. The molecule has 2 aromatic rings. The molecule has 108 valence electrons. The van der Waals surface area contributed by atoms with Gasteiger partial charge in [-0.25, -0.2) is 9.45 Å². The van der Waals surface area contributed by atoms with Gasteiger partial charge in [0.25, 0.3) is 5.91 Å². The Hall–Kier alpha value is -2.40. The zero-order valence-electron chi connectivity index (χ0n) is 11.5. The molecule has 0 saturated heterocycles. The number of hydrogen-bond acceptors (Lipinski definition) is 3. The zero-order valence-corrected chi connectivity index (χ0v) is 11.5. The van der Waals surface area contributed by atoms with Crippen molar-refractivity contribution in [2.45, 2.75) is 13.2 Å². The highest BCUT2D eigenvalue weighted by atomic mass is 19.1. The summed E-state index contributed by atoms with van der Waals surface area (Å²) in [6.07, 6.45) is 0. The van der Waals surface area contributed by atoms with E-state index in [0.717, 1.165) is 5.56 Å². The van der Waals surface area contributed by atoms with Crippen molar-refractivity contribution in [3.05, 3.63) is 65.0 Å². The number of carbonyl (C=O) groups excluding carboxylic acids is 1. The average Bonchev–Trinajstić information content (AvgIpc) is 2.83. The maximum atomic E-state index is 13.8. The first-order chi connectivity index (χ1) is 10.2. The predicted octanol–water partition coefficient (Wildman–Crippen LogP) is 2.92. The number of amides is 1. The lowest BCUT2D eigenvalue weighted by Crippen LogP contribution is -2.24. The topological polar surface area (TPSA) is 38.8 Å². The first-order valence-corrected chi connectivity index (χ1v) is 6.55. The third-order valence-electron chi connectivity index (χ3n) is 3.45. The number of hydrogen-bond donors (Lipinski definition) is 0. The molecule has 1 aliphatic heterocycles. The molecule has 0 unspecified atom stereocenters. The van der Waals surface area contributed by atoms with Crippen molar-refractivity contribution in [1.82, 2.24) is 5.06 Å². The van der Waals surface area contributed by atoms with Gasteiger partial charge in [-0.15, -0.1) is 0 Å². The second-order valence-electron chi connectivity index (χ2n) is 4.69. The minimum Gasteiger partial charge on any atom is -0.496 e. The molecule has 0 atom stereocenters. The van der Waals surface area contributed by atoms with Crippen LogP contribution in [0.25, 0.3) is 0 Å². The Morgan fingerprint density at radius 2 is 2.00 bits per heavy atom. The smallest absolute Gasteiger partial charge is 0.278 e. The van der Waals surface area contributed by atoms with E-state index in [2.05, 4.69) is 0 Å². The van der Waals surface area contributed by atoms with Gasteiger partial charge in [0.1, 0.15) is 18.2 Å². The van der Waals surface area contributed by atoms with Gasteiger partial charge < -0.3 is 4.74 Å². The van der Waals surface area contributed by atoms with Crippen LogP contribution in [0.3, 0.4) is 0 Å². The molecule has 0 bridgehead atoms. The van der Waals surface area contributed by atoms with E-state index in [-0.39, 0.29) is 12.5 Å². The van der Waals surface area contributed by atoms with E-state index in [0.29, 0.717) is 23.4 Å². The molecule has 0 radical (unpaired) electrons. The number of carbonyl (C=O) groups is 1. The number of ether oxygens (including phenoxy) is 1. The quantitative estimate of drug-likeness (QED) is 0.868. The van der Waals surface area contributed by atoms with Gasteiger partial charge in [0.15, 0.2) is 0 Å². The van der Waals surface area contributed by atoms with Crippen LogP contribution in [0.15, 0.2) is 42.5 Å². The molecule has 0 saturated carbocycles. The molecule has 0 aliphatic carbocycles. The van der Waals surface area contributed by atoms with E-state index in [1.54, 1.807) is 24.3 Å². The SMILES string of the molecule is COc1cccc(F)c1CON1Cc2ccccc2C1=O. The van der Waals surface area contributed by atoms with E-state index in [4.69, 9.17) is 9.57 Å². The number of methoxy groups -OCH3 is 1. The summed E-state index contributed by atoms with van der Waals surface area (Å²) < 4.78 is 18.9. The molecule has 0 N–H and O–H groups in total. The monoisotopic (exact) mass is 287 g/mol. The molecule has 0 fully saturated rings. The van der Waals surface area contributed by atoms with Crippen LogP contribution in [-0.2, 0) is 18.0 Å². The number of rotatable bonds is 4. The Morgan fingerprint density at radius 3 is 2.76 bits per heavy atom. The van der Waals surface area contributed by atoms with Crippen LogP contribution in [0.5, 0.6) is 5.75 Å². The number of halogens is 1. The Labute approximate surface area is 121 Å². The van der Waals surface area contributed by atoms with Crippen LogP contribution in [0, 0.1) is 5.82 Å². The minimum absolute atomic E-state index is 0.0599. The van der Waals surface area contributed by atoms with E-state index < -0.39 is 5.82 Å². The fourth-order valence-corrected chi connectivity index (χ4v) is 2.34. The van der Waals surface area contributed by atoms with Crippen molar-refractivity contribution in [1.29, 1.82) is 0 Å². The van der Waals surface area contributed by atoms with Gasteiger partial charge in [-0.2, -0.15) is 0 Å². The molecule has 21 heavy (non-hydrogen) atoms. The van der Waals surface area contributed by atoms with Crippen LogP contribution in [0.4, 0.5) is 4.39 Å². The van der Waals surface area contributed by atoms with Gasteiger partial charge >= 0.3 is 0 Å². The highest BCUT2D eigenvalue weighted by molar-refractivity contribution is 5.97. The largest absolute Gasteiger partial charge is 0.496 e. The van der Waals surface area contributed by atoms with Gasteiger partial charge in [-0.05, 0) is 23.8 Å². The molecule has 1 amide bonds. The van der Waals surface area contributed by atoms with Crippen LogP contribution in [-0.4, -0.2) is 18.1 Å². The summed E-state index contributed by atoms with van der Waals surface area (Å²) in [7, 11) is 1.47. The maximum Gasteiger partial charge on any atom is 0.278 e. The fraction of sp³-hybridized carbons (Fsp3) is 0.188. The van der Waals surface area contributed by atoms with Gasteiger partial charge in [0, 0.05) is 5.56 Å².